The van der Waals surface area contributed by atoms with Crippen LogP contribution in [0.2, 0.25) is 0 Å². The van der Waals surface area contributed by atoms with Gasteiger partial charge in [0.1, 0.15) is 5.82 Å². The number of para-hydroxylation sites is 1. The minimum atomic E-state index is 0.688. The van der Waals surface area contributed by atoms with Crippen molar-refractivity contribution in [2.24, 2.45) is 0 Å². The largest absolute Gasteiger partial charge is 0.334 e. The number of hydrogen-bond donors (Lipinski definition) is 0. The van der Waals surface area contributed by atoms with Gasteiger partial charge in [-0.25, -0.2) is 9.97 Å². The van der Waals surface area contributed by atoms with Crippen molar-refractivity contribution >= 4 is 64.1 Å². The van der Waals surface area contributed by atoms with E-state index in [1.807, 2.05) is 24.5 Å². The van der Waals surface area contributed by atoms with Gasteiger partial charge in [0.15, 0.2) is 0 Å². The molecule has 3 heterocycles. The monoisotopic (exact) mass is 519 g/mol. The second-order valence-electron chi connectivity index (χ2n) is 10.2. The Morgan fingerprint density at radius 2 is 1.38 bits per heavy atom. The molecule has 0 amide bonds. The van der Waals surface area contributed by atoms with Crippen LogP contribution in [-0.2, 0) is 13.0 Å². The summed E-state index contributed by atoms with van der Waals surface area (Å²) in [6.45, 7) is 2.67. The summed E-state index contributed by atoms with van der Waals surface area (Å²) in [6.07, 6.45) is 2.83. The lowest BCUT2D eigenvalue weighted by Crippen LogP contribution is -2.08. The summed E-state index contributed by atoms with van der Waals surface area (Å²) < 4.78 is 5.19. The van der Waals surface area contributed by atoms with Gasteiger partial charge in [-0.2, -0.15) is 0 Å². The normalized spacial score (nSPS) is 11.9. The molecule has 39 heavy (non-hydrogen) atoms. The van der Waals surface area contributed by atoms with Crippen molar-refractivity contribution < 1.29 is 0 Å². The molecule has 0 fully saturated rings. The van der Waals surface area contributed by atoms with Gasteiger partial charge in [0.25, 0.3) is 0 Å². The van der Waals surface area contributed by atoms with Crippen molar-refractivity contribution in [3.63, 3.8) is 0 Å². The predicted octanol–water partition coefficient (Wildman–Crippen LogP) is 9.05. The number of aromatic nitrogens is 3. The predicted molar refractivity (Wildman–Crippen MR) is 165 cm³/mol. The summed E-state index contributed by atoms with van der Waals surface area (Å²) in [4.78, 5) is 9.62. The standard InChI is InChI=1S/C35H25N3S/c1-22-36-20-24(19-23-11-3-2-4-12-23)29(37-22)21-38-30-17-9-7-15-27(30)32-25-13-5-6-14-26(25)35-33(34(32)38)28-16-8-10-18-31(28)39-35/h2-18,20H,19,21H2,1H3. The van der Waals surface area contributed by atoms with E-state index in [-0.39, 0.29) is 0 Å². The lowest BCUT2D eigenvalue weighted by atomic mass is 10.00. The molecule has 0 radical (unpaired) electrons. The lowest BCUT2D eigenvalue weighted by Gasteiger charge is -2.14. The van der Waals surface area contributed by atoms with Crippen molar-refractivity contribution in [3.05, 3.63) is 132 Å². The van der Waals surface area contributed by atoms with Gasteiger partial charge in [0.05, 0.1) is 17.8 Å². The zero-order valence-corrected chi connectivity index (χ0v) is 22.4. The number of thiophene rings is 1. The van der Waals surface area contributed by atoms with E-state index >= 15 is 0 Å². The van der Waals surface area contributed by atoms with Crippen LogP contribution in [-0.4, -0.2) is 14.5 Å². The maximum Gasteiger partial charge on any atom is 0.125 e. The Morgan fingerprint density at radius 3 is 2.23 bits per heavy atom. The number of rotatable bonds is 4. The fourth-order valence-corrected chi connectivity index (χ4v) is 7.40. The van der Waals surface area contributed by atoms with Crippen molar-refractivity contribution in [2.75, 3.05) is 0 Å². The number of aryl methyl sites for hydroxylation is 1. The van der Waals surface area contributed by atoms with E-state index in [1.165, 1.54) is 63.9 Å². The smallest absolute Gasteiger partial charge is 0.125 e. The quantitative estimate of drug-likeness (QED) is 0.232. The first-order valence-corrected chi connectivity index (χ1v) is 14.2. The first-order chi connectivity index (χ1) is 19.3. The van der Waals surface area contributed by atoms with Gasteiger partial charge in [-0.3, -0.25) is 0 Å². The summed E-state index contributed by atoms with van der Waals surface area (Å²) in [6, 6.07) is 37.2. The van der Waals surface area contributed by atoms with Gasteiger partial charge in [0.2, 0.25) is 0 Å². The van der Waals surface area contributed by atoms with Crippen LogP contribution in [0.15, 0.2) is 109 Å². The Labute approximate surface area is 230 Å². The maximum atomic E-state index is 5.02. The Kier molecular flexibility index (Phi) is 5.04. The molecular formula is C35H25N3S. The Morgan fingerprint density at radius 1 is 0.692 bits per heavy atom. The van der Waals surface area contributed by atoms with Crippen LogP contribution in [0.4, 0.5) is 0 Å². The molecular weight excluding hydrogens is 494 g/mol. The van der Waals surface area contributed by atoms with E-state index in [9.17, 15) is 0 Å². The molecule has 0 spiro atoms. The zero-order chi connectivity index (χ0) is 25.9. The van der Waals surface area contributed by atoms with E-state index in [2.05, 4.69) is 113 Å². The molecule has 4 heteroatoms. The third kappa shape index (κ3) is 3.49. The van der Waals surface area contributed by atoms with Gasteiger partial charge in [-0.1, -0.05) is 91.0 Å². The van der Waals surface area contributed by atoms with Crippen LogP contribution < -0.4 is 0 Å². The van der Waals surface area contributed by atoms with Crippen LogP contribution in [0.5, 0.6) is 0 Å². The molecule has 5 aromatic carbocycles. The fraction of sp³-hybridized carbons (Fsp3) is 0.0857. The highest BCUT2D eigenvalue weighted by Gasteiger charge is 2.21. The van der Waals surface area contributed by atoms with Crippen LogP contribution in [0.3, 0.4) is 0 Å². The van der Waals surface area contributed by atoms with E-state index in [1.54, 1.807) is 0 Å². The third-order valence-corrected chi connectivity index (χ3v) is 9.07. The highest BCUT2D eigenvalue weighted by Crippen LogP contribution is 2.47. The molecule has 186 valence electrons. The van der Waals surface area contributed by atoms with E-state index < -0.39 is 0 Å². The van der Waals surface area contributed by atoms with Crippen molar-refractivity contribution in [3.8, 4) is 0 Å². The molecule has 0 aliphatic heterocycles. The summed E-state index contributed by atoms with van der Waals surface area (Å²) in [5, 5.41) is 7.91. The van der Waals surface area contributed by atoms with Gasteiger partial charge in [-0.15, -0.1) is 11.3 Å². The van der Waals surface area contributed by atoms with E-state index in [0.717, 1.165) is 17.9 Å². The molecule has 8 aromatic rings. The maximum absolute atomic E-state index is 5.02. The van der Waals surface area contributed by atoms with Crippen molar-refractivity contribution in [1.29, 1.82) is 0 Å². The molecule has 0 bridgehead atoms. The SMILES string of the molecule is Cc1ncc(Cc2ccccc2)c(Cn2c3ccccc3c3c4ccccc4c4sc5ccccc5c4c32)n1. The molecule has 0 saturated carbocycles. The molecule has 3 aromatic heterocycles. The molecule has 3 nitrogen and oxygen atoms in total. The molecule has 0 N–H and O–H groups in total. The minimum Gasteiger partial charge on any atom is -0.334 e. The molecule has 0 aliphatic carbocycles. The second-order valence-corrected chi connectivity index (χ2v) is 11.3. The minimum absolute atomic E-state index is 0.688. The topological polar surface area (TPSA) is 30.7 Å². The van der Waals surface area contributed by atoms with Crippen LogP contribution in [0.25, 0.3) is 52.8 Å². The van der Waals surface area contributed by atoms with Crippen molar-refractivity contribution in [1.82, 2.24) is 14.5 Å². The molecule has 0 aliphatic rings. The summed E-state index contributed by atoms with van der Waals surface area (Å²) in [5.41, 5.74) is 6.05. The zero-order valence-electron chi connectivity index (χ0n) is 21.6. The Hall–Kier alpha value is -4.54. The average Bonchev–Trinajstić information content (AvgIpc) is 3.52. The number of hydrogen-bond acceptors (Lipinski definition) is 3. The average molecular weight is 520 g/mol. The first kappa shape index (κ1) is 22.4. The van der Waals surface area contributed by atoms with Gasteiger partial charge < -0.3 is 4.57 Å². The lowest BCUT2D eigenvalue weighted by molar-refractivity contribution is 0.798. The number of fused-ring (bicyclic) bond motifs is 10. The highest BCUT2D eigenvalue weighted by molar-refractivity contribution is 7.27. The summed E-state index contributed by atoms with van der Waals surface area (Å²) in [5.74, 6) is 0.805. The number of benzene rings is 5. The van der Waals surface area contributed by atoms with Crippen LogP contribution in [0.1, 0.15) is 22.6 Å². The van der Waals surface area contributed by atoms with Gasteiger partial charge >= 0.3 is 0 Å². The van der Waals surface area contributed by atoms with Gasteiger partial charge in [-0.05, 0) is 35.6 Å². The molecule has 8 rings (SSSR count). The second kappa shape index (κ2) is 8.75. The Balaban J connectivity index is 1.48. The van der Waals surface area contributed by atoms with Crippen LogP contribution >= 0.6 is 11.3 Å². The first-order valence-electron chi connectivity index (χ1n) is 13.3. The number of nitrogens with zero attached hydrogens (tertiary/aromatic N) is 3. The van der Waals surface area contributed by atoms with E-state index in [0.29, 0.717) is 6.54 Å². The molecule has 0 saturated heterocycles. The molecule has 0 atom stereocenters. The third-order valence-electron chi connectivity index (χ3n) is 7.86. The Bertz CT molecular complexity index is 2190. The van der Waals surface area contributed by atoms with Crippen molar-refractivity contribution in [2.45, 2.75) is 19.9 Å². The summed E-state index contributed by atoms with van der Waals surface area (Å²) in [7, 11) is 0. The molecule has 0 unspecified atom stereocenters. The summed E-state index contributed by atoms with van der Waals surface area (Å²) >= 11 is 1.90. The van der Waals surface area contributed by atoms with E-state index in [4.69, 9.17) is 4.98 Å². The van der Waals surface area contributed by atoms with Crippen LogP contribution in [0, 0.1) is 6.92 Å². The fourth-order valence-electron chi connectivity index (χ4n) is 6.16. The highest BCUT2D eigenvalue weighted by atomic mass is 32.1. The van der Waals surface area contributed by atoms with Gasteiger partial charge in [0, 0.05) is 54.5 Å².